The highest BCUT2D eigenvalue weighted by atomic mass is 79.9. The Hall–Kier alpha value is 0.650. The molecule has 0 nitrogen and oxygen atoms in total. The van der Waals surface area contributed by atoms with Crippen molar-refractivity contribution in [3.8, 4) is 0 Å². The molecule has 0 aliphatic heterocycles. The Morgan fingerprint density at radius 3 is 2.00 bits per heavy atom. The summed E-state index contributed by atoms with van der Waals surface area (Å²) in [6.07, 6.45) is 0. The normalized spacial score (nSPS) is 12.5. The summed E-state index contributed by atoms with van der Waals surface area (Å²) in [4.78, 5) is 0. The molecule has 2 rings (SSSR count). The predicted octanol–water partition coefficient (Wildman–Crippen LogP) is 7.37. The van der Waals surface area contributed by atoms with Crippen molar-refractivity contribution in [3.63, 3.8) is 0 Å². The van der Waals surface area contributed by atoms with Gasteiger partial charge in [-0.15, -0.1) is 11.6 Å². The average Bonchev–Trinajstić information content (AvgIpc) is 2.31. The first-order valence-corrected chi connectivity index (χ1v) is 9.05. The van der Waals surface area contributed by atoms with Crippen molar-refractivity contribution < 1.29 is 0 Å². The molecule has 0 radical (unpaired) electrons. The Morgan fingerprint density at radius 1 is 0.842 bits per heavy atom. The van der Waals surface area contributed by atoms with Gasteiger partial charge in [0.1, 0.15) is 0 Å². The van der Waals surface area contributed by atoms with Gasteiger partial charge in [0, 0.05) is 17.9 Å². The van der Waals surface area contributed by atoms with Crippen LogP contribution in [0.5, 0.6) is 0 Å². The van der Waals surface area contributed by atoms with E-state index in [9.17, 15) is 0 Å². The summed E-state index contributed by atoms with van der Waals surface area (Å²) in [5.74, 6) is 0. The zero-order chi connectivity index (χ0) is 14.2. The lowest BCUT2D eigenvalue weighted by atomic mass is 10.0. The maximum absolute atomic E-state index is 6.61. The molecule has 19 heavy (non-hydrogen) atoms. The molecule has 1 unspecified atom stereocenters. The van der Waals surface area contributed by atoms with Crippen LogP contribution in [0, 0.1) is 6.92 Å². The van der Waals surface area contributed by atoms with Gasteiger partial charge in [0.05, 0.1) is 5.38 Å². The molecule has 0 aliphatic rings. The van der Waals surface area contributed by atoms with E-state index in [1.165, 1.54) is 5.56 Å². The molecule has 0 heterocycles. The molecule has 0 amide bonds. The third-order valence-electron chi connectivity index (χ3n) is 2.73. The quantitative estimate of drug-likeness (QED) is 0.355. The van der Waals surface area contributed by atoms with Crippen molar-refractivity contribution in [1.82, 2.24) is 0 Å². The van der Waals surface area contributed by atoms with Gasteiger partial charge in [-0.05, 0) is 53.9 Å². The third kappa shape index (κ3) is 3.85. The van der Waals surface area contributed by atoms with E-state index >= 15 is 0 Å². The molecule has 0 spiro atoms. The van der Waals surface area contributed by atoms with Gasteiger partial charge in [-0.2, -0.15) is 0 Å². The lowest BCUT2D eigenvalue weighted by Gasteiger charge is -2.15. The Labute approximate surface area is 151 Å². The van der Waals surface area contributed by atoms with Gasteiger partial charge in [0.15, 0.2) is 0 Å². The first-order chi connectivity index (χ1) is 8.88. The number of hydrogen-bond donors (Lipinski definition) is 0. The summed E-state index contributed by atoms with van der Waals surface area (Å²) >= 11 is 20.7. The summed E-state index contributed by atoms with van der Waals surface area (Å²) in [5, 5.41) is -0.208. The lowest BCUT2D eigenvalue weighted by Crippen LogP contribution is -1.96. The Kier molecular flexibility index (Phi) is 5.58. The van der Waals surface area contributed by atoms with Crippen molar-refractivity contribution in [1.29, 1.82) is 0 Å². The van der Waals surface area contributed by atoms with Crippen LogP contribution in [0.2, 0.25) is 0 Å². The van der Waals surface area contributed by atoms with Crippen LogP contribution in [0.25, 0.3) is 0 Å². The monoisotopic (exact) mass is 528 g/mol. The van der Waals surface area contributed by atoms with Crippen LogP contribution in [0.15, 0.2) is 48.2 Å². The summed E-state index contributed by atoms with van der Waals surface area (Å²) < 4.78 is 4.09. The van der Waals surface area contributed by atoms with Crippen LogP contribution in [-0.4, -0.2) is 0 Å². The van der Waals surface area contributed by atoms with Crippen molar-refractivity contribution in [2.45, 2.75) is 12.3 Å². The van der Waals surface area contributed by atoms with E-state index in [2.05, 4.69) is 82.8 Å². The second-order valence-corrected chi connectivity index (χ2v) is 8.16. The van der Waals surface area contributed by atoms with Crippen molar-refractivity contribution >= 4 is 75.3 Å². The standard InChI is InChI=1S/C14H9Br4Cl/c1-7-2-13(18)11(6-12(7)17)14(19)8-3-9(15)5-10(16)4-8/h2-6,14H,1H3. The fourth-order valence-electron chi connectivity index (χ4n) is 1.76. The minimum Gasteiger partial charge on any atom is -0.113 e. The third-order valence-corrected chi connectivity index (χ3v) is 5.67. The second-order valence-electron chi connectivity index (χ2n) is 4.19. The predicted molar refractivity (Wildman–Crippen MR) is 96.1 cm³/mol. The smallest absolute Gasteiger partial charge is 0.0847 e. The average molecular weight is 532 g/mol. The number of aryl methyl sites for hydroxylation is 1. The summed E-state index contributed by atoms with van der Waals surface area (Å²) in [5.41, 5.74) is 3.26. The van der Waals surface area contributed by atoms with Crippen molar-refractivity contribution in [2.75, 3.05) is 0 Å². The highest BCUT2D eigenvalue weighted by Gasteiger charge is 2.16. The number of hydrogen-bond acceptors (Lipinski definition) is 0. The Morgan fingerprint density at radius 2 is 1.42 bits per heavy atom. The lowest BCUT2D eigenvalue weighted by molar-refractivity contribution is 1.11. The van der Waals surface area contributed by atoms with Crippen LogP contribution in [0.4, 0.5) is 0 Å². The van der Waals surface area contributed by atoms with E-state index in [4.69, 9.17) is 11.6 Å². The molecule has 100 valence electrons. The zero-order valence-corrected chi connectivity index (χ0v) is 17.0. The maximum Gasteiger partial charge on any atom is 0.0847 e. The summed E-state index contributed by atoms with van der Waals surface area (Å²) in [7, 11) is 0. The summed E-state index contributed by atoms with van der Waals surface area (Å²) in [6, 6.07) is 10.2. The summed E-state index contributed by atoms with van der Waals surface area (Å²) in [6.45, 7) is 2.05. The molecular weight excluding hydrogens is 523 g/mol. The number of halogens is 5. The van der Waals surface area contributed by atoms with Gasteiger partial charge in [-0.3, -0.25) is 0 Å². The van der Waals surface area contributed by atoms with Crippen LogP contribution < -0.4 is 0 Å². The number of rotatable bonds is 2. The van der Waals surface area contributed by atoms with Crippen LogP contribution >= 0.6 is 75.3 Å². The topological polar surface area (TPSA) is 0 Å². The number of alkyl halides is 1. The highest BCUT2D eigenvalue weighted by molar-refractivity contribution is 9.11. The molecule has 5 heteroatoms. The van der Waals surface area contributed by atoms with Gasteiger partial charge in [0.2, 0.25) is 0 Å². The zero-order valence-electron chi connectivity index (χ0n) is 9.85. The minimum atomic E-state index is -0.208. The van der Waals surface area contributed by atoms with E-state index in [1.54, 1.807) is 0 Å². The van der Waals surface area contributed by atoms with Gasteiger partial charge in [0.25, 0.3) is 0 Å². The van der Waals surface area contributed by atoms with Gasteiger partial charge in [-0.1, -0.05) is 63.7 Å². The maximum atomic E-state index is 6.61. The van der Waals surface area contributed by atoms with Gasteiger partial charge >= 0.3 is 0 Å². The highest BCUT2D eigenvalue weighted by Crippen LogP contribution is 2.38. The van der Waals surface area contributed by atoms with E-state index < -0.39 is 0 Å². The molecule has 0 aromatic heterocycles. The molecule has 1 atom stereocenters. The minimum absolute atomic E-state index is 0.208. The van der Waals surface area contributed by atoms with E-state index in [-0.39, 0.29) is 5.38 Å². The van der Waals surface area contributed by atoms with E-state index in [0.717, 1.165) is 29.0 Å². The Bertz CT molecular complexity index is 605. The number of benzene rings is 2. The first-order valence-electron chi connectivity index (χ1n) is 5.44. The van der Waals surface area contributed by atoms with Crippen molar-refractivity contribution in [3.05, 3.63) is 64.9 Å². The van der Waals surface area contributed by atoms with Crippen LogP contribution in [-0.2, 0) is 0 Å². The SMILES string of the molecule is Cc1cc(Br)c(C(Cl)c2cc(Br)cc(Br)c2)cc1Br. The fraction of sp³-hybridized carbons (Fsp3) is 0.143. The van der Waals surface area contributed by atoms with E-state index in [1.807, 2.05) is 18.2 Å². The Balaban J connectivity index is 2.49. The molecule has 2 aromatic rings. The fourth-order valence-corrected chi connectivity index (χ4v) is 4.57. The van der Waals surface area contributed by atoms with Gasteiger partial charge < -0.3 is 0 Å². The van der Waals surface area contributed by atoms with Crippen LogP contribution in [0.1, 0.15) is 22.1 Å². The molecule has 0 bridgehead atoms. The molecule has 0 saturated heterocycles. The molecule has 2 aromatic carbocycles. The molecule has 0 N–H and O–H groups in total. The van der Waals surface area contributed by atoms with Crippen LogP contribution in [0.3, 0.4) is 0 Å². The second kappa shape index (κ2) is 6.61. The van der Waals surface area contributed by atoms with Crippen molar-refractivity contribution in [2.24, 2.45) is 0 Å². The largest absolute Gasteiger partial charge is 0.113 e. The molecular formula is C14H9Br4Cl. The molecule has 0 aliphatic carbocycles. The van der Waals surface area contributed by atoms with E-state index in [0.29, 0.717) is 0 Å². The molecule has 0 fully saturated rings. The first kappa shape index (κ1) is 16.0. The molecule has 0 saturated carbocycles. The van der Waals surface area contributed by atoms with Gasteiger partial charge in [-0.25, -0.2) is 0 Å².